The van der Waals surface area contributed by atoms with Crippen molar-refractivity contribution in [3.63, 3.8) is 0 Å². The Labute approximate surface area is 106 Å². The van der Waals surface area contributed by atoms with Gasteiger partial charge in [-0.25, -0.2) is 0 Å². The van der Waals surface area contributed by atoms with E-state index >= 15 is 0 Å². The minimum atomic E-state index is -0.521. The number of carbonyl (C=O) groups is 1. The van der Waals surface area contributed by atoms with Crippen LogP contribution < -0.4 is 4.90 Å². The third kappa shape index (κ3) is 2.34. The van der Waals surface area contributed by atoms with Gasteiger partial charge in [0.25, 0.3) is 5.69 Å². The van der Waals surface area contributed by atoms with Gasteiger partial charge in [0.1, 0.15) is 0 Å². The van der Waals surface area contributed by atoms with Gasteiger partial charge in [-0.3, -0.25) is 14.9 Å². The molecule has 5 heteroatoms. The first kappa shape index (κ1) is 12.5. The van der Waals surface area contributed by atoms with Crippen molar-refractivity contribution in [2.45, 2.75) is 19.8 Å². The lowest BCUT2D eigenvalue weighted by Crippen LogP contribution is -2.19. The minimum Gasteiger partial charge on any atom is -0.371 e. The highest BCUT2D eigenvalue weighted by Crippen LogP contribution is 2.28. The van der Waals surface area contributed by atoms with Gasteiger partial charge >= 0.3 is 0 Å². The Balaban J connectivity index is 2.25. The molecular formula is C13H16N2O3. The predicted octanol–water partition coefficient (Wildman–Crippen LogP) is 2.64. The summed E-state index contributed by atoms with van der Waals surface area (Å²) in [7, 11) is 0. The molecule has 2 rings (SSSR count). The second-order valence-electron chi connectivity index (χ2n) is 4.63. The molecule has 0 radical (unpaired) electrons. The van der Waals surface area contributed by atoms with Gasteiger partial charge in [0.15, 0.2) is 6.29 Å². The smallest absolute Gasteiger partial charge is 0.280 e. The summed E-state index contributed by atoms with van der Waals surface area (Å²) in [6.45, 7) is 4.09. The van der Waals surface area contributed by atoms with Gasteiger partial charge in [-0.2, -0.15) is 0 Å². The number of carbonyl (C=O) groups excluding carboxylic acids is 1. The van der Waals surface area contributed by atoms with Crippen LogP contribution in [0.2, 0.25) is 0 Å². The molecule has 0 amide bonds. The highest BCUT2D eigenvalue weighted by atomic mass is 16.6. The van der Waals surface area contributed by atoms with Crippen LogP contribution in [0.4, 0.5) is 11.4 Å². The lowest BCUT2D eigenvalue weighted by molar-refractivity contribution is -0.385. The Hall–Kier alpha value is -1.91. The molecule has 1 heterocycles. The maximum Gasteiger partial charge on any atom is 0.280 e. The van der Waals surface area contributed by atoms with Crippen molar-refractivity contribution in [1.29, 1.82) is 0 Å². The van der Waals surface area contributed by atoms with Crippen molar-refractivity contribution >= 4 is 17.7 Å². The molecule has 18 heavy (non-hydrogen) atoms. The van der Waals surface area contributed by atoms with E-state index in [9.17, 15) is 14.9 Å². The maximum absolute atomic E-state index is 10.9. The van der Waals surface area contributed by atoms with Gasteiger partial charge in [0.05, 0.1) is 10.5 Å². The van der Waals surface area contributed by atoms with Crippen molar-refractivity contribution in [3.05, 3.63) is 33.9 Å². The SMILES string of the molecule is CCC1CCN(c2ccc([N+](=O)[O-])c(C=O)c2)C1. The zero-order chi connectivity index (χ0) is 13.1. The normalized spacial score (nSPS) is 18.9. The Morgan fingerprint density at radius 2 is 2.33 bits per heavy atom. The van der Waals surface area contributed by atoms with Crippen molar-refractivity contribution < 1.29 is 9.72 Å². The largest absolute Gasteiger partial charge is 0.371 e. The molecule has 5 nitrogen and oxygen atoms in total. The van der Waals surface area contributed by atoms with Crippen LogP contribution in [0.25, 0.3) is 0 Å². The first-order valence-corrected chi connectivity index (χ1v) is 6.14. The molecular weight excluding hydrogens is 232 g/mol. The Bertz CT molecular complexity index is 473. The molecule has 0 spiro atoms. The van der Waals surface area contributed by atoms with Crippen LogP contribution in [-0.2, 0) is 0 Å². The summed E-state index contributed by atoms with van der Waals surface area (Å²) in [6.07, 6.45) is 2.84. The Morgan fingerprint density at radius 1 is 1.56 bits per heavy atom. The molecule has 1 atom stereocenters. The highest BCUT2D eigenvalue weighted by molar-refractivity contribution is 5.83. The fourth-order valence-corrected chi connectivity index (χ4v) is 2.40. The van der Waals surface area contributed by atoms with Gasteiger partial charge in [-0.15, -0.1) is 0 Å². The van der Waals surface area contributed by atoms with E-state index in [2.05, 4.69) is 11.8 Å². The summed E-state index contributed by atoms with van der Waals surface area (Å²) < 4.78 is 0. The van der Waals surface area contributed by atoms with Crippen molar-refractivity contribution in [2.24, 2.45) is 5.92 Å². The number of nitro groups is 1. The molecule has 1 fully saturated rings. The predicted molar refractivity (Wildman–Crippen MR) is 69.1 cm³/mol. The molecule has 1 saturated heterocycles. The summed E-state index contributed by atoms with van der Waals surface area (Å²) in [5, 5.41) is 10.7. The molecule has 0 aliphatic carbocycles. The fourth-order valence-electron chi connectivity index (χ4n) is 2.40. The summed E-state index contributed by atoms with van der Waals surface area (Å²) >= 11 is 0. The third-order valence-electron chi connectivity index (χ3n) is 3.56. The van der Waals surface area contributed by atoms with Gasteiger partial charge < -0.3 is 4.90 Å². The first-order chi connectivity index (χ1) is 8.65. The van der Waals surface area contributed by atoms with Crippen LogP contribution >= 0.6 is 0 Å². The number of nitro benzene ring substituents is 1. The van der Waals surface area contributed by atoms with Gasteiger partial charge in [0, 0.05) is 24.8 Å². The lowest BCUT2D eigenvalue weighted by Gasteiger charge is -2.18. The molecule has 96 valence electrons. The van der Waals surface area contributed by atoms with Crippen LogP contribution in [0.1, 0.15) is 30.1 Å². The van der Waals surface area contributed by atoms with Crippen molar-refractivity contribution in [2.75, 3.05) is 18.0 Å². The van der Waals surface area contributed by atoms with Crippen molar-refractivity contribution in [1.82, 2.24) is 0 Å². The lowest BCUT2D eigenvalue weighted by atomic mass is 10.1. The highest BCUT2D eigenvalue weighted by Gasteiger charge is 2.23. The molecule has 0 aromatic heterocycles. The summed E-state index contributed by atoms with van der Waals surface area (Å²) in [6, 6.07) is 4.75. The second-order valence-corrected chi connectivity index (χ2v) is 4.63. The van der Waals surface area contributed by atoms with Crippen molar-refractivity contribution in [3.8, 4) is 0 Å². The second kappa shape index (κ2) is 5.16. The number of hydrogen-bond acceptors (Lipinski definition) is 4. The van der Waals surface area contributed by atoms with Gasteiger partial charge in [-0.1, -0.05) is 13.3 Å². The topological polar surface area (TPSA) is 63.4 Å². The molecule has 1 aliphatic rings. The average Bonchev–Trinajstić information content (AvgIpc) is 2.86. The Morgan fingerprint density at radius 3 is 2.89 bits per heavy atom. The summed E-state index contributed by atoms with van der Waals surface area (Å²) in [5.74, 6) is 0.680. The zero-order valence-electron chi connectivity index (χ0n) is 10.3. The van der Waals surface area contributed by atoms with E-state index in [1.165, 1.54) is 6.07 Å². The molecule has 1 aromatic rings. The number of nitrogens with zero attached hydrogens (tertiary/aromatic N) is 2. The van der Waals surface area contributed by atoms with Crippen LogP contribution in [0.5, 0.6) is 0 Å². The standard InChI is InChI=1S/C13H16N2O3/c1-2-10-5-6-14(8-10)12-3-4-13(15(17)18)11(7-12)9-16/h3-4,7,9-10H,2,5-6,8H2,1H3. The summed E-state index contributed by atoms with van der Waals surface area (Å²) in [5.41, 5.74) is 0.927. The average molecular weight is 248 g/mol. The Kier molecular flexibility index (Phi) is 3.60. The fraction of sp³-hybridized carbons (Fsp3) is 0.462. The molecule has 0 saturated carbocycles. The van der Waals surface area contributed by atoms with E-state index in [-0.39, 0.29) is 11.3 Å². The van der Waals surface area contributed by atoms with E-state index in [1.807, 2.05) is 0 Å². The zero-order valence-corrected chi connectivity index (χ0v) is 10.3. The quantitative estimate of drug-likeness (QED) is 0.467. The number of benzene rings is 1. The maximum atomic E-state index is 10.9. The van der Waals surface area contributed by atoms with Gasteiger partial charge in [-0.05, 0) is 24.5 Å². The van der Waals surface area contributed by atoms with E-state index in [0.717, 1.165) is 31.6 Å². The van der Waals surface area contributed by atoms with Crippen LogP contribution in [0, 0.1) is 16.0 Å². The monoisotopic (exact) mass is 248 g/mol. The van der Waals surface area contributed by atoms with E-state index in [0.29, 0.717) is 12.2 Å². The minimum absolute atomic E-state index is 0.125. The van der Waals surface area contributed by atoms with E-state index in [1.54, 1.807) is 12.1 Å². The molecule has 0 bridgehead atoms. The molecule has 0 N–H and O–H groups in total. The molecule has 1 aromatic carbocycles. The van der Waals surface area contributed by atoms with E-state index in [4.69, 9.17) is 0 Å². The number of hydrogen-bond donors (Lipinski definition) is 0. The van der Waals surface area contributed by atoms with Gasteiger partial charge in [0.2, 0.25) is 0 Å². The molecule has 1 unspecified atom stereocenters. The van der Waals surface area contributed by atoms with Crippen LogP contribution in [-0.4, -0.2) is 24.3 Å². The number of aldehydes is 1. The third-order valence-corrected chi connectivity index (χ3v) is 3.56. The number of rotatable bonds is 4. The number of anilines is 1. The first-order valence-electron chi connectivity index (χ1n) is 6.14. The molecule has 1 aliphatic heterocycles. The van der Waals surface area contributed by atoms with E-state index < -0.39 is 4.92 Å². The van der Waals surface area contributed by atoms with Crippen LogP contribution in [0.15, 0.2) is 18.2 Å². The summed E-state index contributed by atoms with van der Waals surface area (Å²) in [4.78, 5) is 23.3. The van der Waals surface area contributed by atoms with Crippen LogP contribution in [0.3, 0.4) is 0 Å².